The summed E-state index contributed by atoms with van der Waals surface area (Å²) in [7, 11) is 1.57. The van der Waals surface area contributed by atoms with Crippen LogP contribution < -0.4 is 11.3 Å². The molecular formula is C13H13N3O5. The van der Waals surface area contributed by atoms with Crippen molar-refractivity contribution in [1.29, 1.82) is 0 Å². The van der Waals surface area contributed by atoms with Crippen LogP contribution in [-0.4, -0.2) is 31.5 Å². The van der Waals surface area contributed by atoms with Gasteiger partial charge in [-0.2, -0.15) is 0 Å². The highest BCUT2D eigenvalue weighted by molar-refractivity contribution is 5.94. The number of carboxylic acids is 2. The second-order valence-corrected chi connectivity index (χ2v) is 4.52. The molecule has 0 atom stereocenters. The quantitative estimate of drug-likeness (QED) is 0.754. The van der Waals surface area contributed by atoms with Crippen molar-refractivity contribution >= 4 is 17.6 Å². The Morgan fingerprint density at radius 3 is 1.90 bits per heavy atom. The van der Waals surface area contributed by atoms with Crippen molar-refractivity contribution in [3.8, 4) is 5.69 Å². The van der Waals surface area contributed by atoms with Crippen LogP contribution in [-0.2, 0) is 7.05 Å². The fourth-order valence-corrected chi connectivity index (χ4v) is 2.00. The fourth-order valence-electron chi connectivity index (χ4n) is 2.00. The maximum absolute atomic E-state index is 12.1. The summed E-state index contributed by atoms with van der Waals surface area (Å²) in [6.45, 7) is 1.63. The van der Waals surface area contributed by atoms with Crippen molar-refractivity contribution in [2.24, 2.45) is 7.05 Å². The minimum atomic E-state index is -1.29. The van der Waals surface area contributed by atoms with Crippen LogP contribution in [0.1, 0.15) is 26.4 Å². The highest BCUT2D eigenvalue weighted by Crippen LogP contribution is 2.16. The largest absolute Gasteiger partial charge is 0.478 e. The molecule has 0 spiro atoms. The predicted molar refractivity (Wildman–Crippen MR) is 74.1 cm³/mol. The number of carboxylic acid groups (broad SMARTS) is 2. The SMILES string of the molecule is Cc1c(N)c(=O)n(-c2cc(C(=O)O)cc(C(=O)O)c2)n1C. The summed E-state index contributed by atoms with van der Waals surface area (Å²) in [5.41, 5.74) is 5.31. The van der Waals surface area contributed by atoms with Gasteiger partial charge < -0.3 is 15.9 Å². The molecule has 110 valence electrons. The number of nitrogens with two attached hydrogens (primary N) is 1. The molecule has 0 aliphatic heterocycles. The van der Waals surface area contributed by atoms with Crippen LogP contribution >= 0.6 is 0 Å². The standard InChI is InChI=1S/C13H13N3O5/c1-6-10(14)11(17)16(15(6)2)9-4-7(12(18)19)3-8(5-9)13(20)21/h3-5H,14H2,1-2H3,(H,18,19)(H,20,21). The summed E-state index contributed by atoms with van der Waals surface area (Å²) < 4.78 is 2.56. The van der Waals surface area contributed by atoms with Crippen molar-refractivity contribution in [2.45, 2.75) is 6.92 Å². The summed E-state index contributed by atoms with van der Waals surface area (Å²) in [5.74, 6) is -2.57. The maximum atomic E-state index is 12.1. The van der Waals surface area contributed by atoms with Gasteiger partial charge in [0, 0.05) is 7.05 Å². The Labute approximate surface area is 118 Å². The molecule has 21 heavy (non-hydrogen) atoms. The molecule has 8 nitrogen and oxygen atoms in total. The van der Waals surface area contributed by atoms with Crippen molar-refractivity contribution in [3.63, 3.8) is 0 Å². The lowest BCUT2D eigenvalue weighted by molar-refractivity contribution is 0.0696. The van der Waals surface area contributed by atoms with E-state index in [1.54, 1.807) is 14.0 Å². The van der Waals surface area contributed by atoms with E-state index in [1.165, 1.54) is 16.8 Å². The van der Waals surface area contributed by atoms with Gasteiger partial charge in [0.2, 0.25) is 0 Å². The monoisotopic (exact) mass is 291 g/mol. The molecule has 0 unspecified atom stereocenters. The Morgan fingerprint density at radius 2 is 1.57 bits per heavy atom. The van der Waals surface area contributed by atoms with E-state index in [4.69, 9.17) is 15.9 Å². The lowest BCUT2D eigenvalue weighted by Crippen LogP contribution is -2.21. The van der Waals surface area contributed by atoms with Gasteiger partial charge in [-0.3, -0.25) is 9.48 Å². The van der Waals surface area contributed by atoms with Crippen molar-refractivity contribution in [3.05, 3.63) is 45.4 Å². The number of nitrogen functional groups attached to an aromatic ring is 1. The number of carbonyl (C=O) groups is 2. The number of nitrogens with zero attached hydrogens (tertiary/aromatic N) is 2. The van der Waals surface area contributed by atoms with Gasteiger partial charge in [0.05, 0.1) is 22.5 Å². The first-order valence-electron chi connectivity index (χ1n) is 5.90. The Hall–Kier alpha value is -3.03. The molecule has 0 bridgehead atoms. The molecule has 2 aromatic rings. The first-order chi connectivity index (χ1) is 9.73. The van der Waals surface area contributed by atoms with E-state index in [2.05, 4.69) is 0 Å². The summed E-state index contributed by atoms with van der Waals surface area (Å²) in [5, 5.41) is 18.1. The number of benzene rings is 1. The normalized spacial score (nSPS) is 10.6. The minimum Gasteiger partial charge on any atom is -0.478 e. The Balaban J connectivity index is 2.81. The van der Waals surface area contributed by atoms with Gasteiger partial charge in [-0.25, -0.2) is 14.3 Å². The topological polar surface area (TPSA) is 128 Å². The molecule has 0 fully saturated rings. The third kappa shape index (κ3) is 2.27. The Morgan fingerprint density at radius 1 is 1.10 bits per heavy atom. The smallest absolute Gasteiger partial charge is 0.335 e. The molecule has 1 aromatic heterocycles. The van der Waals surface area contributed by atoms with Gasteiger partial charge in [-0.1, -0.05) is 0 Å². The molecule has 0 saturated carbocycles. The van der Waals surface area contributed by atoms with Crippen LogP contribution in [0.3, 0.4) is 0 Å². The number of anilines is 1. The molecule has 0 aliphatic carbocycles. The van der Waals surface area contributed by atoms with E-state index in [0.29, 0.717) is 5.69 Å². The fraction of sp³-hybridized carbons (Fsp3) is 0.154. The van der Waals surface area contributed by atoms with Crippen LogP contribution in [0.25, 0.3) is 5.69 Å². The molecule has 2 rings (SSSR count). The number of hydrogen-bond acceptors (Lipinski definition) is 4. The zero-order valence-corrected chi connectivity index (χ0v) is 11.3. The van der Waals surface area contributed by atoms with Gasteiger partial charge in [-0.15, -0.1) is 0 Å². The highest BCUT2D eigenvalue weighted by atomic mass is 16.4. The molecule has 1 heterocycles. The third-order valence-corrected chi connectivity index (χ3v) is 3.25. The molecular weight excluding hydrogens is 278 g/mol. The average molecular weight is 291 g/mol. The van der Waals surface area contributed by atoms with E-state index in [1.807, 2.05) is 0 Å². The predicted octanol–water partition coefficient (Wildman–Crippen LogP) is 0.463. The second-order valence-electron chi connectivity index (χ2n) is 4.52. The molecule has 0 saturated heterocycles. The first-order valence-corrected chi connectivity index (χ1v) is 5.90. The van der Waals surface area contributed by atoms with Gasteiger partial charge in [0.25, 0.3) is 5.56 Å². The highest BCUT2D eigenvalue weighted by Gasteiger charge is 2.17. The zero-order chi connectivity index (χ0) is 15.9. The maximum Gasteiger partial charge on any atom is 0.335 e. The van der Waals surface area contributed by atoms with Gasteiger partial charge in [-0.05, 0) is 25.1 Å². The lowest BCUT2D eigenvalue weighted by Gasteiger charge is -2.10. The van der Waals surface area contributed by atoms with Gasteiger partial charge >= 0.3 is 11.9 Å². The van der Waals surface area contributed by atoms with Crippen LogP contribution in [0.5, 0.6) is 0 Å². The second kappa shape index (κ2) is 4.82. The molecule has 0 aliphatic rings. The molecule has 1 aromatic carbocycles. The van der Waals surface area contributed by atoms with E-state index in [-0.39, 0.29) is 22.5 Å². The van der Waals surface area contributed by atoms with Crippen LogP contribution in [0.2, 0.25) is 0 Å². The van der Waals surface area contributed by atoms with Crippen LogP contribution in [0, 0.1) is 6.92 Å². The number of hydrogen-bond donors (Lipinski definition) is 3. The molecule has 4 N–H and O–H groups in total. The van der Waals surface area contributed by atoms with Crippen LogP contribution in [0.15, 0.2) is 23.0 Å². The van der Waals surface area contributed by atoms with Crippen LogP contribution in [0.4, 0.5) is 5.69 Å². The van der Waals surface area contributed by atoms with Crippen molar-refractivity contribution in [2.75, 3.05) is 5.73 Å². The Kier molecular flexibility index (Phi) is 3.30. The third-order valence-electron chi connectivity index (χ3n) is 3.25. The van der Waals surface area contributed by atoms with Gasteiger partial charge in [0.15, 0.2) is 0 Å². The summed E-state index contributed by atoms with van der Waals surface area (Å²) in [6.07, 6.45) is 0. The first kappa shape index (κ1) is 14.4. The summed E-state index contributed by atoms with van der Waals surface area (Å²) in [6, 6.07) is 3.46. The van der Waals surface area contributed by atoms with Crippen molar-refractivity contribution in [1.82, 2.24) is 9.36 Å². The molecule has 0 amide bonds. The minimum absolute atomic E-state index is 0.0232. The van der Waals surface area contributed by atoms with E-state index >= 15 is 0 Å². The summed E-state index contributed by atoms with van der Waals surface area (Å²) in [4.78, 5) is 34.3. The lowest BCUT2D eigenvalue weighted by atomic mass is 10.1. The van der Waals surface area contributed by atoms with Gasteiger partial charge in [0.1, 0.15) is 5.69 Å². The average Bonchev–Trinajstić information content (AvgIpc) is 2.62. The summed E-state index contributed by atoms with van der Waals surface area (Å²) >= 11 is 0. The van der Waals surface area contributed by atoms with E-state index < -0.39 is 17.5 Å². The molecule has 8 heteroatoms. The molecule has 0 radical (unpaired) electrons. The number of aromatic carboxylic acids is 2. The van der Waals surface area contributed by atoms with Crippen molar-refractivity contribution < 1.29 is 19.8 Å². The Bertz CT molecular complexity index is 784. The zero-order valence-electron chi connectivity index (χ0n) is 11.3. The van der Waals surface area contributed by atoms with E-state index in [9.17, 15) is 14.4 Å². The van der Waals surface area contributed by atoms with E-state index in [0.717, 1.165) is 10.7 Å². The number of aromatic nitrogens is 2. The number of rotatable bonds is 3.